The van der Waals surface area contributed by atoms with E-state index in [9.17, 15) is 23.7 Å². The van der Waals surface area contributed by atoms with E-state index >= 15 is 0 Å². The summed E-state index contributed by atoms with van der Waals surface area (Å²) in [6.45, 7) is 0. The number of fused-ring (bicyclic) bond motifs is 2. The van der Waals surface area contributed by atoms with Crippen molar-refractivity contribution in [2.45, 2.75) is 24.7 Å². The second-order valence-corrected chi connectivity index (χ2v) is 7.16. The van der Waals surface area contributed by atoms with Gasteiger partial charge in [0.05, 0.1) is 10.3 Å². The molecule has 1 N–H and O–H groups in total. The summed E-state index contributed by atoms with van der Waals surface area (Å²) in [5, 5.41) is 18.3. The van der Waals surface area contributed by atoms with E-state index in [2.05, 4.69) is 15.4 Å². The second-order valence-electron chi connectivity index (χ2n) is 7.16. The summed E-state index contributed by atoms with van der Waals surface area (Å²) in [5.74, 6) is -1.68. The van der Waals surface area contributed by atoms with E-state index in [0.29, 0.717) is 24.0 Å². The fourth-order valence-corrected chi connectivity index (χ4v) is 4.06. The van der Waals surface area contributed by atoms with Crippen molar-refractivity contribution >= 4 is 17.3 Å². The molecule has 5 rings (SSSR count). The van der Waals surface area contributed by atoms with Gasteiger partial charge in [0.15, 0.2) is 11.6 Å². The van der Waals surface area contributed by atoms with Gasteiger partial charge in [0.25, 0.3) is 5.69 Å². The van der Waals surface area contributed by atoms with Gasteiger partial charge in [-0.05, 0) is 36.6 Å². The topological polar surface area (TPSA) is 103 Å². The first-order chi connectivity index (χ1) is 13.9. The standard InChI is InChI=1S/C19H13F2N5O3/c20-11-2-3-14(13(21)8-11)25-17(22-9-23-25)10-6-12-16(15(7-10)26(28)29)24-18(27)19(12)4-1-5-19/h2-3,6-9H,1,4-5H2,(H,24,27). The molecule has 10 heteroatoms. The quantitative estimate of drug-likeness (QED) is 0.538. The number of halogens is 2. The maximum atomic E-state index is 14.3. The normalized spacial score (nSPS) is 16.4. The predicted molar refractivity (Wildman–Crippen MR) is 97.5 cm³/mol. The molecule has 2 heterocycles. The van der Waals surface area contributed by atoms with Crippen LogP contribution in [-0.2, 0) is 10.2 Å². The lowest BCUT2D eigenvalue weighted by Gasteiger charge is -2.36. The number of amides is 1. The molecule has 1 amide bonds. The van der Waals surface area contributed by atoms with Crippen molar-refractivity contribution in [1.29, 1.82) is 0 Å². The summed E-state index contributed by atoms with van der Waals surface area (Å²) in [6.07, 6.45) is 3.24. The summed E-state index contributed by atoms with van der Waals surface area (Å²) in [6, 6.07) is 5.96. The molecule has 0 unspecified atom stereocenters. The van der Waals surface area contributed by atoms with Crippen molar-refractivity contribution in [3.8, 4) is 17.1 Å². The van der Waals surface area contributed by atoms with E-state index < -0.39 is 22.0 Å². The smallest absolute Gasteiger partial charge is 0.293 e. The molecule has 1 aliphatic heterocycles. The van der Waals surface area contributed by atoms with Crippen LogP contribution in [0.2, 0.25) is 0 Å². The zero-order valence-electron chi connectivity index (χ0n) is 14.9. The van der Waals surface area contributed by atoms with E-state index in [0.717, 1.165) is 23.2 Å². The van der Waals surface area contributed by atoms with Crippen molar-refractivity contribution in [2.24, 2.45) is 0 Å². The molecule has 8 nitrogen and oxygen atoms in total. The summed E-state index contributed by atoms with van der Waals surface area (Å²) >= 11 is 0. The van der Waals surface area contributed by atoms with Crippen LogP contribution in [-0.4, -0.2) is 25.6 Å². The van der Waals surface area contributed by atoms with Gasteiger partial charge in [-0.25, -0.2) is 18.4 Å². The summed E-state index contributed by atoms with van der Waals surface area (Å²) in [4.78, 5) is 27.7. The first-order valence-electron chi connectivity index (χ1n) is 8.91. The highest BCUT2D eigenvalue weighted by Gasteiger charge is 2.53. The van der Waals surface area contributed by atoms with E-state index in [1.807, 2.05) is 0 Å². The molecule has 146 valence electrons. The minimum atomic E-state index is -0.847. The summed E-state index contributed by atoms with van der Waals surface area (Å²) < 4.78 is 28.7. The lowest BCUT2D eigenvalue weighted by molar-refractivity contribution is -0.383. The lowest BCUT2D eigenvalue weighted by Crippen LogP contribution is -2.40. The van der Waals surface area contributed by atoms with Gasteiger partial charge < -0.3 is 5.32 Å². The van der Waals surface area contributed by atoms with Crippen LogP contribution in [0.1, 0.15) is 24.8 Å². The Bertz CT molecular complexity index is 1200. The van der Waals surface area contributed by atoms with Gasteiger partial charge in [-0.1, -0.05) is 6.42 Å². The molecule has 2 aromatic carbocycles. The van der Waals surface area contributed by atoms with Crippen LogP contribution in [0.4, 0.5) is 20.2 Å². The monoisotopic (exact) mass is 397 g/mol. The maximum Gasteiger partial charge on any atom is 0.293 e. The first kappa shape index (κ1) is 17.4. The van der Waals surface area contributed by atoms with Crippen LogP contribution in [0.25, 0.3) is 17.1 Å². The summed E-state index contributed by atoms with van der Waals surface area (Å²) in [7, 11) is 0. The Morgan fingerprint density at radius 2 is 2.00 bits per heavy atom. The van der Waals surface area contributed by atoms with Crippen LogP contribution in [0.5, 0.6) is 0 Å². The molecule has 1 aromatic heterocycles. The van der Waals surface area contributed by atoms with Gasteiger partial charge in [-0.2, -0.15) is 5.10 Å². The van der Waals surface area contributed by atoms with Crippen molar-refractivity contribution in [1.82, 2.24) is 14.8 Å². The number of nitro groups is 1. The van der Waals surface area contributed by atoms with Gasteiger partial charge in [-0.15, -0.1) is 0 Å². The van der Waals surface area contributed by atoms with Crippen molar-refractivity contribution in [3.05, 3.63) is 64.0 Å². The van der Waals surface area contributed by atoms with E-state index in [-0.39, 0.29) is 28.8 Å². The molecule has 0 bridgehead atoms. The highest BCUT2D eigenvalue weighted by molar-refractivity contribution is 6.09. The van der Waals surface area contributed by atoms with Gasteiger partial charge in [-0.3, -0.25) is 14.9 Å². The van der Waals surface area contributed by atoms with Crippen LogP contribution in [0.15, 0.2) is 36.7 Å². The van der Waals surface area contributed by atoms with E-state index in [1.54, 1.807) is 6.07 Å². The number of nitrogens with one attached hydrogen (secondary N) is 1. The van der Waals surface area contributed by atoms with Gasteiger partial charge >= 0.3 is 0 Å². The average molecular weight is 397 g/mol. The van der Waals surface area contributed by atoms with Crippen LogP contribution < -0.4 is 5.32 Å². The molecule has 0 radical (unpaired) electrons. The Labute approximate surface area is 162 Å². The molecule has 1 fully saturated rings. The third kappa shape index (κ3) is 2.38. The number of aromatic nitrogens is 3. The number of carbonyl (C=O) groups excluding carboxylic acids is 1. The number of carbonyl (C=O) groups is 1. The molecule has 1 aliphatic carbocycles. The Morgan fingerprint density at radius 1 is 1.21 bits per heavy atom. The van der Waals surface area contributed by atoms with Gasteiger partial charge in [0, 0.05) is 17.7 Å². The van der Waals surface area contributed by atoms with Crippen LogP contribution in [0, 0.1) is 21.7 Å². The molecule has 2 aliphatic rings. The van der Waals surface area contributed by atoms with Gasteiger partial charge in [0.1, 0.15) is 23.5 Å². The Morgan fingerprint density at radius 3 is 2.66 bits per heavy atom. The number of nitro benzene ring substituents is 1. The Hall–Kier alpha value is -3.69. The third-order valence-corrected chi connectivity index (χ3v) is 5.65. The highest BCUT2D eigenvalue weighted by Crippen LogP contribution is 2.54. The fourth-order valence-electron chi connectivity index (χ4n) is 4.06. The Balaban J connectivity index is 1.72. The molecule has 0 saturated heterocycles. The van der Waals surface area contributed by atoms with Crippen molar-refractivity contribution in [2.75, 3.05) is 5.32 Å². The fraction of sp³-hybridized carbons (Fsp3) is 0.211. The number of anilines is 1. The summed E-state index contributed by atoms with van der Waals surface area (Å²) in [5.41, 5.74) is -0.0189. The Kier molecular flexibility index (Phi) is 3.54. The SMILES string of the molecule is O=C1Nc2c([N+](=O)[O-])cc(-c3ncnn3-c3ccc(F)cc3F)cc2C12CCC2. The number of nitrogens with zero attached hydrogens (tertiary/aromatic N) is 4. The molecular formula is C19H13F2N5O3. The number of hydrogen-bond donors (Lipinski definition) is 1. The molecular weight excluding hydrogens is 384 g/mol. The molecule has 1 spiro atoms. The molecule has 1 saturated carbocycles. The van der Waals surface area contributed by atoms with E-state index in [4.69, 9.17) is 0 Å². The number of hydrogen-bond acceptors (Lipinski definition) is 5. The maximum absolute atomic E-state index is 14.3. The van der Waals surface area contributed by atoms with Gasteiger partial charge in [0.2, 0.25) is 5.91 Å². The lowest BCUT2D eigenvalue weighted by atomic mass is 9.65. The van der Waals surface area contributed by atoms with Crippen LogP contribution >= 0.6 is 0 Å². The zero-order chi connectivity index (χ0) is 20.3. The van der Waals surface area contributed by atoms with Crippen molar-refractivity contribution < 1.29 is 18.5 Å². The van der Waals surface area contributed by atoms with Crippen molar-refractivity contribution in [3.63, 3.8) is 0 Å². The highest BCUT2D eigenvalue weighted by atomic mass is 19.1. The number of benzene rings is 2. The third-order valence-electron chi connectivity index (χ3n) is 5.65. The van der Waals surface area contributed by atoms with Crippen LogP contribution in [0.3, 0.4) is 0 Å². The predicted octanol–water partition coefficient (Wildman–Crippen LogP) is 3.49. The largest absolute Gasteiger partial charge is 0.319 e. The average Bonchev–Trinajstić information content (AvgIpc) is 3.21. The minimum Gasteiger partial charge on any atom is -0.319 e. The first-order valence-corrected chi connectivity index (χ1v) is 8.91. The zero-order valence-corrected chi connectivity index (χ0v) is 14.9. The minimum absolute atomic E-state index is 0.0467. The number of rotatable bonds is 3. The second kappa shape index (κ2) is 5.90. The molecule has 0 atom stereocenters. The van der Waals surface area contributed by atoms with E-state index in [1.165, 1.54) is 18.5 Å². The molecule has 3 aromatic rings. The molecule has 29 heavy (non-hydrogen) atoms.